The standard InChI is InChI=1S/C8H15N3O4S2/c9-4(2-16)7(13)10-1-6(12)11-5(3-17)8(14)15/h4-5,16-17H,1-3,9H2,(H,10,13)(H,11,12)(H,14,15)/t4-,5-/m0/s1. The Labute approximate surface area is 109 Å². The number of carboxylic acids is 1. The van der Waals surface area contributed by atoms with E-state index in [1.165, 1.54) is 0 Å². The van der Waals surface area contributed by atoms with Crippen LogP contribution in [0, 0.1) is 0 Å². The van der Waals surface area contributed by atoms with Crippen molar-refractivity contribution in [1.82, 2.24) is 10.6 Å². The number of thiol groups is 2. The maximum atomic E-state index is 11.2. The first kappa shape index (κ1) is 16.1. The minimum atomic E-state index is -1.19. The zero-order valence-electron chi connectivity index (χ0n) is 8.92. The van der Waals surface area contributed by atoms with E-state index in [9.17, 15) is 14.4 Å². The van der Waals surface area contributed by atoms with Gasteiger partial charge in [0.05, 0.1) is 12.6 Å². The number of carbonyl (C=O) groups is 3. The summed E-state index contributed by atoms with van der Waals surface area (Å²) in [6.07, 6.45) is 0. The molecule has 98 valence electrons. The highest BCUT2D eigenvalue weighted by atomic mass is 32.1. The molecule has 2 atom stereocenters. The number of nitrogens with one attached hydrogen (secondary N) is 2. The zero-order chi connectivity index (χ0) is 13.4. The first-order valence-electron chi connectivity index (χ1n) is 4.69. The second-order valence-corrected chi connectivity index (χ2v) is 3.88. The Hall–Kier alpha value is -0.930. The van der Waals surface area contributed by atoms with Crippen molar-refractivity contribution in [3.63, 3.8) is 0 Å². The van der Waals surface area contributed by atoms with E-state index in [0.717, 1.165) is 0 Å². The van der Waals surface area contributed by atoms with E-state index in [-0.39, 0.29) is 18.1 Å². The molecule has 5 N–H and O–H groups in total. The number of nitrogens with two attached hydrogens (primary N) is 1. The minimum Gasteiger partial charge on any atom is -0.480 e. The van der Waals surface area contributed by atoms with E-state index < -0.39 is 29.9 Å². The second kappa shape index (κ2) is 8.20. The zero-order valence-corrected chi connectivity index (χ0v) is 10.7. The molecule has 0 aliphatic heterocycles. The molecule has 0 aromatic heterocycles. The van der Waals surface area contributed by atoms with E-state index in [2.05, 4.69) is 35.9 Å². The highest BCUT2D eigenvalue weighted by Gasteiger charge is 2.19. The van der Waals surface area contributed by atoms with Crippen molar-refractivity contribution in [3.05, 3.63) is 0 Å². The second-order valence-electron chi connectivity index (χ2n) is 3.15. The molecule has 0 aliphatic carbocycles. The van der Waals surface area contributed by atoms with Crippen LogP contribution in [0.2, 0.25) is 0 Å². The summed E-state index contributed by atoms with van der Waals surface area (Å²) >= 11 is 7.60. The predicted molar refractivity (Wildman–Crippen MR) is 68.3 cm³/mol. The van der Waals surface area contributed by atoms with Gasteiger partial charge in [-0.25, -0.2) is 4.79 Å². The lowest BCUT2D eigenvalue weighted by molar-refractivity contribution is -0.141. The van der Waals surface area contributed by atoms with Gasteiger partial charge in [0, 0.05) is 11.5 Å². The third kappa shape index (κ3) is 6.39. The number of carbonyl (C=O) groups excluding carboxylic acids is 2. The molecule has 0 saturated heterocycles. The summed E-state index contributed by atoms with van der Waals surface area (Å²) in [7, 11) is 0. The highest BCUT2D eigenvalue weighted by Crippen LogP contribution is 1.88. The van der Waals surface area contributed by atoms with Crippen LogP contribution in [0.3, 0.4) is 0 Å². The van der Waals surface area contributed by atoms with Gasteiger partial charge in [0.25, 0.3) is 0 Å². The van der Waals surface area contributed by atoms with E-state index in [1.807, 2.05) is 0 Å². The van der Waals surface area contributed by atoms with Crippen LogP contribution in [-0.2, 0) is 14.4 Å². The molecule has 0 saturated carbocycles. The number of aliphatic carboxylic acids is 1. The SMILES string of the molecule is N[C@@H](CS)C(=O)NCC(=O)N[C@@H](CS)C(=O)O. The van der Waals surface area contributed by atoms with Gasteiger partial charge in [-0.05, 0) is 0 Å². The van der Waals surface area contributed by atoms with Crippen LogP contribution >= 0.6 is 25.3 Å². The molecule has 9 heteroatoms. The molecular weight excluding hydrogens is 266 g/mol. The van der Waals surface area contributed by atoms with Crippen molar-refractivity contribution < 1.29 is 19.5 Å². The van der Waals surface area contributed by atoms with Gasteiger partial charge in [0.2, 0.25) is 11.8 Å². The van der Waals surface area contributed by atoms with E-state index in [4.69, 9.17) is 10.8 Å². The van der Waals surface area contributed by atoms with Gasteiger partial charge in [0.1, 0.15) is 6.04 Å². The minimum absolute atomic E-state index is 0.0365. The first-order chi connectivity index (χ1) is 7.92. The molecule has 0 aliphatic rings. The van der Waals surface area contributed by atoms with E-state index >= 15 is 0 Å². The Morgan fingerprint density at radius 3 is 2.24 bits per heavy atom. The summed E-state index contributed by atoms with van der Waals surface area (Å²) in [6, 6.07) is -1.88. The molecule has 0 bridgehead atoms. The predicted octanol–water partition coefficient (Wildman–Crippen LogP) is -2.14. The van der Waals surface area contributed by atoms with Crippen molar-refractivity contribution in [2.24, 2.45) is 5.73 Å². The Morgan fingerprint density at radius 1 is 1.24 bits per heavy atom. The Morgan fingerprint density at radius 2 is 1.82 bits per heavy atom. The van der Waals surface area contributed by atoms with Gasteiger partial charge in [-0.3, -0.25) is 9.59 Å². The molecule has 17 heavy (non-hydrogen) atoms. The lowest BCUT2D eigenvalue weighted by atomic mass is 10.3. The monoisotopic (exact) mass is 281 g/mol. The van der Waals surface area contributed by atoms with Gasteiger partial charge in [-0.15, -0.1) is 0 Å². The summed E-state index contributed by atoms with van der Waals surface area (Å²) in [5.41, 5.74) is 5.35. The Balaban J connectivity index is 4.03. The number of carboxylic acid groups (broad SMARTS) is 1. The van der Waals surface area contributed by atoms with Crippen LogP contribution in [0.5, 0.6) is 0 Å². The fourth-order valence-electron chi connectivity index (χ4n) is 0.812. The lowest BCUT2D eigenvalue weighted by Crippen LogP contribution is -2.49. The van der Waals surface area contributed by atoms with Gasteiger partial charge in [-0.1, -0.05) is 0 Å². The van der Waals surface area contributed by atoms with Crippen LogP contribution in [0.15, 0.2) is 0 Å². The van der Waals surface area contributed by atoms with Crippen LogP contribution in [-0.4, -0.2) is 53.0 Å². The van der Waals surface area contributed by atoms with Crippen LogP contribution in [0.1, 0.15) is 0 Å². The van der Waals surface area contributed by atoms with Crippen LogP contribution in [0.25, 0.3) is 0 Å². The normalized spacial score (nSPS) is 13.6. The largest absolute Gasteiger partial charge is 0.480 e. The van der Waals surface area contributed by atoms with Crippen molar-refractivity contribution >= 4 is 43.0 Å². The average molecular weight is 281 g/mol. The molecule has 0 radical (unpaired) electrons. The topological polar surface area (TPSA) is 122 Å². The van der Waals surface area contributed by atoms with Gasteiger partial charge in [0.15, 0.2) is 0 Å². The quantitative estimate of drug-likeness (QED) is 0.297. The number of hydrogen-bond acceptors (Lipinski definition) is 6. The molecule has 7 nitrogen and oxygen atoms in total. The first-order valence-corrected chi connectivity index (χ1v) is 5.96. The van der Waals surface area contributed by atoms with Gasteiger partial charge >= 0.3 is 5.97 Å². The van der Waals surface area contributed by atoms with E-state index in [0.29, 0.717) is 0 Å². The highest BCUT2D eigenvalue weighted by molar-refractivity contribution is 7.80. The third-order valence-electron chi connectivity index (χ3n) is 1.77. The van der Waals surface area contributed by atoms with Gasteiger partial charge < -0.3 is 21.5 Å². The Bertz CT molecular complexity index is 300. The summed E-state index contributed by atoms with van der Waals surface area (Å²) in [5, 5.41) is 13.1. The van der Waals surface area contributed by atoms with Gasteiger partial charge in [-0.2, -0.15) is 25.3 Å². The molecule has 0 aromatic rings. The summed E-state index contributed by atoms with van der Waals surface area (Å²) in [5.74, 6) is -2.21. The molecule has 0 heterocycles. The fourth-order valence-corrected chi connectivity index (χ4v) is 1.23. The van der Waals surface area contributed by atoms with Crippen molar-refractivity contribution in [1.29, 1.82) is 0 Å². The van der Waals surface area contributed by atoms with E-state index in [1.54, 1.807) is 0 Å². The maximum absolute atomic E-state index is 11.2. The average Bonchev–Trinajstić information content (AvgIpc) is 2.31. The molecule has 0 unspecified atom stereocenters. The number of rotatable bonds is 7. The number of amides is 2. The molecular formula is C8H15N3O4S2. The lowest BCUT2D eigenvalue weighted by Gasteiger charge is -2.13. The summed E-state index contributed by atoms with van der Waals surface area (Å²) in [4.78, 5) is 33.0. The number of hydrogen-bond donors (Lipinski definition) is 6. The van der Waals surface area contributed by atoms with Crippen LogP contribution < -0.4 is 16.4 Å². The van der Waals surface area contributed by atoms with Crippen LogP contribution in [0.4, 0.5) is 0 Å². The fraction of sp³-hybridized carbons (Fsp3) is 0.625. The summed E-state index contributed by atoms with van der Waals surface area (Å²) in [6.45, 7) is -0.335. The molecule has 0 aromatic carbocycles. The Kier molecular flexibility index (Phi) is 7.75. The summed E-state index contributed by atoms with van der Waals surface area (Å²) < 4.78 is 0. The maximum Gasteiger partial charge on any atom is 0.327 e. The van der Waals surface area contributed by atoms with Crippen molar-refractivity contribution in [3.8, 4) is 0 Å². The smallest absolute Gasteiger partial charge is 0.327 e. The molecule has 2 amide bonds. The molecule has 0 spiro atoms. The van der Waals surface area contributed by atoms with Crippen molar-refractivity contribution in [2.45, 2.75) is 12.1 Å². The molecule has 0 rings (SSSR count). The third-order valence-corrected chi connectivity index (χ3v) is 2.53. The molecule has 0 fully saturated rings. The van der Waals surface area contributed by atoms with Crippen molar-refractivity contribution in [2.75, 3.05) is 18.1 Å².